The molecule has 1 unspecified atom stereocenters. The number of imidazole rings is 1. The maximum Gasteiger partial charge on any atom is 0.338 e. The van der Waals surface area contributed by atoms with Crippen molar-refractivity contribution < 1.29 is 9.53 Å². The fourth-order valence-corrected chi connectivity index (χ4v) is 3.81. The minimum atomic E-state index is -0.440. The van der Waals surface area contributed by atoms with Crippen LogP contribution >= 0.6 is 23.2 Å². The number of hydrogen-bond acceptors (Lipinski definition) is 4. The van der Waals surface area contributed by atoms with E-state index in [4.69, 9.17) is 27.9 Å². The Balaban J connectivity index is 1.97. The molecule has 0 saturated heterocycles. The van der Waals surface area contributed by atoms with Crippen molar-refractivity contribution in [1.29, 1.82) is 0 Å². The van der Waals surface area contributed by atoms with Gasteiger partial charge in [0.2, 0.25) is 5.95 Å². The fourth-order valence-electron chi connectivity index (χ4n) is 3.50. The number of nitrogens with zero attached hydrogens (tertiary/aromatic N) is 2. The summed E-state index contributed by atoms with van der Waals surface area (Å²) >= 11 is 12.4. The molecule has 0 saturated carbocycles. The molecule has 5 nitrogen and oxygen atoms in total. The smallest absolute Gasteiger partial charge is 0.338 e. The normalized spacial score (nSPS) is 16.3. The van der Waals surface area contributed by atoms with E-state index in [2.05, 4.69) is 10.3 Å². The molecule has 28 heavy (non-hydrogen) atoms. The quantitative estimate of drug-likeness (QED) is 0.566. The maximum absolute atomic E-state index is 13.0. The zero-order valence-electron chi connectivity index (χ0n) is 15.7. The number of carbonyl (C=O) groups excluding carboxylic acids is 1. The summed E-state index contributed by atoms with van der Waals surface area (Å²) in [6.07, 6.45) is -0.233. The number of para-hydroxylation sites is 2. The van der Waals surface area contributed by atoms with Crippen molar-refractivity contribution in [2.24, 2.45) is 0 Å². The summed E-state index contributed by atoms with van der Waals surface area (Å²) in [6, 6.07) is 12.8. The van der Waals surface area contributed by atoms with Crippen LogP contribution in [0, 0.1) is 0 Å². The molecule has 0 aliphatic carbocycles. The molecule has 1 aliphatic rings. The molecule has 0 amide bonds. The number of halogens is 2. The molecular weight excluding hydrogens is 397 g/mol. The molecule has 0 bridgehead atoms. The summed E-state index contributed by atoms with van der Waals surface area (Å²) in [6.45, 7) is 5.51. The largest absolute Gasteiger partial charge is 0.459 e. The van der Waals surface area contributed by atoms with Gasteiger partial charge in [-0.25, -0.2) is 9.78 Å². The Labute approximate surface area is 172 Å². The van der Waals surface area contributed by atoms with Crippen molar-refractivity contribution in [3.8, 4) is 0 Å². The molecule has 0 radical (unpaired) electrons. The van der Waals surface area contributed by atoms with Crippen LogP contribution in [-0.4, -0.2) is 21.6 Å². The summed E-state index contributed by atoms with van der Waals surface area (Å²) < 4.78 is 7.54. The van der Waals surface area contributed by atoms with Crippen molar-refractivity contribution in [2.45, 2.75) is 32.9 Å². The first-order chi connectivity index (χ1) is 13.4. The molecular formula is C21H19Cl2N3O2. The Kier molecular flexibility index (Phi) is 4.81. The van der Waals surface area contributed by atoms with Crippen LogP contribution in [0.2, 0.25) is 10.0 Å². The van der Waals surface area contributed by atoms with Gasteiger partial charge in [0.05, 0.1) is 38.8 Å². The van der Waals surface area contributed by atoms with E-state index in [0.717, 1.165) is 16.6 Å². The lowest BCUT2D eigenvalue weighted by atomic mass is 9.95. The highest BCUT2D eigenvalue weighted by atomic mass is 35.5. The summed E-state index contributed by atoms with van der Waals surface area (Å²) in [5.41, 5.74) is 3.78. The van der Waals surface area contributed by atoms with Crippen LogP contribution in [0.1, 0.15) is 32.4 Å². The van der Waals surface area contributed by atoms with Gasteiger partial charge in [0, 0.05) is 5.70 Å². The molecule has 2 aromatic carbocycles. The maximum atomic E-state index is 13.0. The van der Waals surface area contributed by atoms with Crippen LogP contribution in [-0.2, 0) is 9.53 Å². The molecule has 1 N–H and O–H groups in total. The number of ether oxygens (including phenoxy) is 1. The highest BCUT2D eigenvalue weighted by Crippen LogP contribution is 2.40. The topological polar surface area (TPSA) is 56.2 Å². The third kappa shape index (κ3) is 3.15. The molecule has 144 valence electrons. The second-order valence-electron chi connectivity index (χ2n) is 6.99. The Morgan fingerprint density at radius 3 is 2.64 bits per heavy atom. The molecule has 4 rings (SSSR count). The van der Waals surface area contributed by atoms with Gasteiger partial charge < -0.3 is 10.1 Å². The first-order valence-electron chi connectivity index (χ1n) is 8.97. The zero-order chi connectivity index (χ0) is 20.0. The van der Waals surface area contributed by atoms with Crippen LogP contribution in [0.5, 0.6) is 0 Å². The predicted molar refractivity (Wildman–Crippen MR) is 112 cm³/mol. The fraction of sp³-hybridized carbons (Fsp3) is 0.238. The van der Waals surface area contributed by atoms with E-state index < -0.39 is 6.04 Å². The van der Waals surface area contributed by atoms with Gasteiger partial charge in [-0.15, -0.1) is 0 Å². The first kappa shape index (κ1) is 18.8. The standard InChI is InChI=1S/C21H19Cl2N3O2/c1-11(2)28-20(27)18-12(3)24-21-25-16-6-4-5-7-17(16)26(21)19(18)13-8-9-14(22)15(23)10-13/h4-11,19H,1-3H3,(H,24,25). The zero-order valence-corrected chi connectivity index (χ0v) is 17.2. The van der Waals surface area contributed by atoms with E-state index in [0.29, 0.717) is 27.3 Å². The van der Waals surface area contributed by atoms with E-state index in [9.17, 15) is 4.79 Å². The number of carbonyl (C=O) groups is 1. The molecule has 1 aromatic heterocycles. The van der Waals surface area contributed by atoms with Gasteiger partial charge in [0.1, 0.15) is 0 Å². The number of hydrogen-bond donors (Lipinski definition) is 1. The monoisotopic (exact) mass is 415 g/mol. The summed E-state index contributed by atoms with van der Waals surface area (Å²) in [4.78, 5) is 17.7. The lowest BCUT2D eigenvalue weighted by molar-refractivity contribution is -0.143. The highest BCUT2D eigenvalue weighted by molar-refractivity contribution is 6.42. The third-order valence-electron chi connectivity index (χ3n) is 4.65. The van der Waals surface area contributed by atoms with Gasteiger partial charge in [-0.3, -0.25) is 4.57 Å². The van der Waals surface area contributed by atoms with Gasteiger partial charge >= 0.3 is 5.97 Å². The van der Waals surface area contributed by atoms with Crippen LogP contribution in [0.3, 0.4) is 0 Å². The average Bonchev–Trinajstić information content (AvgIpc) is 3.00. The van der Waals surface area contributed by atoms with Crippen molar-refractivity contribution in [3.63, 3.8) is 0 Å². The average molecular weight is 416 g/mol. The molecule has 7 heteroatoms. The van der Waals surface area contributed by atoms with Gasteiger partial charge in [-0.05, 0) is 50.6 Å². The lowest BCUT2D eigenvalue weighted by Crippen LogP contribution is -2.30. The van der Waals surface area contributed by atoms with E-state index in [-0.39, 0.29) is 12.1 Å². The van der Waals surface area contributed by atoms with E-state index in [1.54, 1.807) is 12.1 Å². The van der Waals surface area contributed by atoms with Gasteiger partial charge in [-0.1, -0.05) is 41.4 Å². The van der Waals surface area contributed by atoms with Gasteiger partial charge in [0.15, 0.2) is 0 Å². The van der Waals surface area contributed by atoms with Crippen LogP contribution in [0.4, 0.5) is 5.95 Å². The molecule has 0 spiro atoms. The molecule has 3 aromatic rings. The third-order valence-corrected chi connectivity index (χ3v) is 5.39. The number of benzene rings is 2. The van der Waals surface area contributed by atoms with Crippen molar-refractivity contribution in [2.75, 3.05) is 5.32 Å². The van der Waals surface area contributed by atoms with E-state index in [1.807, 2.05) is 55.7 Å². The summed E-state index contributed by atoms with van der Waals surface area (Å²) in [5, 5.41) is 4.14. The predicted octanol–water partition coefficient (Wildman–Crippen LogP) is 5.58. The SMILES string of the molecule is CC1=C(C(=O)OC(C)C)C(c2ccc(Cl)c(Cl)c2)n2c(nc3ccccc32)N1. The number of anilines is 1. The first-order valence-corrected chi connectivity index (χ1v) is 9.73. The van der Waals surface area contributed by atoms with Crippen molar-refractivity contribution >= 4 is 46.2 Å². The Morgan fingerprint density at radius 1 is 1.18 bits per heavy atom. The summed E-state index contributed by atoms with van der Waals surface area (Å²) in [5.74, 6) is 0.287. The van der Waals surface area contributed by atoms with Crippen molar-refractivity contribution in [1.82, 2.24) is 9.55 Å². The van der Waals surface area contributed by atoms with Gasteiger partial charge in [0.25, 0.3) is 0 Å². The van der Waals surface area contributed by atoms with E-state index in [1.165, 1.54) is 0 Å². The number of esters is 1. The van der Waals surface area contributed by atoms with E-state index >= 15 is 0 Å². The Bertz CT molecular complexity index is 1120. The number of fused-ring (bicyclic) bond motifs is 3. The Hall–Kier alpha value is -2.50. The minimum absolute atomic E-state index is 0.233. The molecule has 2 heterocycles. The molecule has 0 fully saturated rings. The van der Waals surface area contributed by atoms with Crippen LogP contribution in [0.25, 0.3) is 11.0 Å². The van der Waals surface area contributed by atoms with Crippen LogP contribution in [0.15, 0.2) is 53.7 Å². The minimum Gasteiger partial charge on any atom is -0.459 e. The highest BCUT2D eigenvalue weighted by Gasteiger charge is 2.35. The van der Waals surface area contributed by atoms with Gasteiger partial charge in [-0.2, -0.15) is 0 Å². The summed E-state index contributed by atoms with van der Waals surface area (Å²) in [7, 11) is 0. The number of aromatic nitrogens is 2. The number of rotatable bonds is 3. The molecule has 1 aliphatic heterocycles. The lowest BCUT2D eigenvalue weighted by Gasteiger charge is -2.30. The molecule has 1 atom stereocenters. The van der Waals surface area contributed by atoms with Crippen molar-refractivity contribution in [3.05, 3.63) is 69.3 Å². The second-order valence-corrected chi connectivity index (χ2v) is 7.80. The van der Waals surface area contributed by atoms with Crippen LogP contribution < -0.4 is 5.32 Å². The second kappa shape index (κ2) is 7.15. The number of nitrogens with one attached hydrogen (secondary N) is 1. The number of allylic oxidation sites excluding steroid dienone is 1. The Morgan fingerprint density at radius 2 is 1.93 bits per heavy atom.